The van der Waals surface area contributed by atoms with Gasteiger partial charge in [-0.25, -0.2) is 0 Å². The lowest BCUT2D eigenvalue weighted by Crippen LogP contribution is -2.45. The molecule has 0 aromatic heterocycles. The zero-order valence-corrected chi connectivity index (χ0v) is 11.7. The maximum absolute atomic E-state index is 13.0. The fraction of sp³-hybridized carbons (Fsp3) is 0.273. The number of carbonyl (C=O) groups excluding carboxylic acids is 2. The van der Waals surface area contributed by atoms with Gasteiger partial charge in [0, 0.05) is 26.2 Å². The molecule has 0 radical (unpaired) electrons. The minimum atomic E-state index is -3.57. The molecule has 9 heteroatoms. The predicted octanol–water partition coefficient (Wildman–Crippen LogP) is 0.734. The van der Waals surface area contributed by atoms with Gasteiger partial charge in [0.15, 0.2) is 0 Å². The lowest BCUT2D eigenvalue weighted by atomic mass is 10.3. The number of carbonyl (C=O) groups is 2. The van der Waals surface area contributed by atoms with Crippen LogP contribution in [0.4, 0.5) is 5.69 Å². The smallest absolute Gasteiger partial charge is 0.276 e. The van der Waals surface area contributed by atoms with Crippen molar-refractivity contribution in [2.45, 2.75) is 6.42 Å². The van der Waals surface area contributed by atoms with Gasteiger partial charge >= 0.3 is 0 Å². The van der Waals surface area contributed by atoms with Crippen molar-refractivity contribution >= 4 is 30.2 Å². The lowest BCUT2D eigenvalue weighted by molar-refractivity contribution is -0.384. The Bertz CT molecular complexity index is 618. The normalized spacial score (nSPS) is 18.3. The summed E-state index contributed by atoms with van der Waals surface area (Å²) >= 11 is 0. The molecule has 0 bridgehead atoms. The average molecular weight is 297 g/mol. The van der Waals surface area contributed by atoms with E-state index < -0.39 is 24.2 Å². The fourth-order valence-electron chi connectivity index (χ4n) is 1.98. The van der Waals surface area contributed by atoms with Gasteiger partial charge in [-0.15, -0.1) is 0 Å². The van der Waals surface area contributed by atoms with Gasteiger partial charge in [-0.3, -0.25) is 33.6 Å². The third kappa shape index (κ3) is 1.98. The molecule has 0 unspecified atom stereocenters. The zero-order chi connectivity index (χ0) is 15.1. The zero-order valence-electron chi connectivity index (χ0n) is 10.8. The van der Waals surface area contributed by atoms with E-state index >= 15 is 0 Å². The monoisotopic (exact) mass is 297 g/mol. The molecule has 0 saturated carbocycles. The summed E-state index contributed by atoms with van der Waals surface area (Å²) in [6.07, 6.45) is -0.329. The molecule has 0 N–H and O–H groups in total. The first kappa shape index (κ1) is 14.2. The van der Waals surface area contributed by atoms with Crippen LogP contribution < -0.4 is 5.30 Å². The van der Waals surface area contributed by atoms with Crippen LogP contribution in [0, 0.1) is 10.1 Å². The van der Waals surface area contributed by atoms with Crippen molar-refractivity contribution in [3.05, 3.63) is 34.4 Å². The van der Waals surface area contributed by atoms with Crippen LogP contribution in [0.25, 0.3) is 0 Å². The van der Waals surface area contributed by atoms with Gasteiger partial charge in [-0.05, 0) is 12.1 Å². The van der Waals surface area contributed by atoms with Crippen LogP contribution in [0.1, 0.15) is 6.42 Å². The first-order chi connectivity index (χ1) is 9.28. The third-order valence-electron chi connectivity index (χ3n) is 3.23. The maximum atomic E-state index is 13.0. The van der Waals surface area contributed by atoms with Crippen molar-refractivity contribution in [3.8, 4) is 0 Å². The van der Waals surface area contributed by atoms with Gasteiger partial charge in [0.05, 0.1) is 10.2 Å². The molecular formula is C11H12N3O5P. The van der Waals surface area contributed by atoms with E-state index in [1.54, 1.807) is 0 Å². The van der Waals surface area contributed by atoms with E-state index in [2.05, 4.69) is 0 Å². The van der Waals surface area contributed by atoms with Crippen LogP contribution >= 0.6 is 7.44 Å². The summed E-state index contributed by atoms with van der Waals surface area (Å²) in [7, 11) is -0.856. The van der Waals surface area contributed by atoms with E-state index in [-0.39, 0.29) is 17.4 Å². The molecule has 2 amide bonds. The Morgan fingerprint density at radius 3 is 1.95 bits per heavy atom. The van der Waals surface area contributed by atoms with Crippen molar-refractivity contribution in [2.75, 3.05) is 14.1 Å². The van der Waals surface area contributed by atoms with E-state index in [0.717, 1.165) is 9.34 Å². The standard InChI is InChI=1S/C11H12N3O5P/c1-12-10(15)7-11(16)13(2)20(12,19)9-5-3-8(4-6-9)14(17)18/h3-6H,7H2,1-2H3. The van der Waals surface area contributed by atoms with Crippen LogP contribution in [0.2, 0.25) is 0 Å². The summed E-state index contributed by atoms with van der Waals surface area (Å²) in [5.41, 5.74) is -0.152. The topological polar surface area (TPSA) is 101 Å². The summed E-state index contributed by atoms with van der Waals surface area (Å²) in [6, 6.07) is 5.00. The first-order valence-corrected chi connectivity index (χ1v) is 7.29. The molecule has 1 heterocycles. The minimum Gasteiger partial charge on any atom is -0.276 e. The molecule has 106 valence electrons. The van der Waals surface area contributed by atoms with Gasteiger partial charge in [0.25, 0.3) is 13.1 Å². The Morgan fingerprint density at radius 1 is 1.10 bits per heavy atom. The third-order valence-corrected chi connectivity index (χ3v) is 6.28. The lowest BCUT2D eigenvalue weighted by Gasteiger charge is -2.39. The predicted molar refractivity (Wildman–Crippen MR) is 70.5 cm³/mol. The van der Waals surface area contributed by atoms with Gasteiger partial charge in [0.2, 0.25) is 11.8 Å². The van der Waals surface area contributed by atoms with Crippen LogP contribution in [0.15, 0.2) is 24.3 Å². The summed E-state index contributed by atoms with van der Waals surface area (Å²) in [4.78, 5) is 33.5. The molecule has 0 atom stereocenters. The number of hydrogen-bond acceptors (Lipinski definition) is 5. The van der Waals surface area contributed by atoms with Crippen LogP contribution in [-0.4, -0.2) is 40.2 Å². The summed E-state index contributed by atoms with van der Waals surface area (Å²) in [6.45, 7) is 0. The number of nitro groups is 1. The second-order valence-electron chi connectivity index (χ2n) is 4.33. The number of nitrogens with zero attached hydrogens (tertiary/aromatic N) is 3. The second kappa shape index (κ2) is 4.72. The Hall–Kier alpha value is -2.21. The van der Waals surface area contributed by atoms with Crippen molar-refractivity contribution in [1.82, 2.24) is 9.34 Å². The largest absolute Gasteiger partial charge is 0.296 e. The van der Waals surface area contributed by atoms with E-state index in [0.29, 0.717) is 0 Å². The van der Waals surface area contributed by atoms with Crippen LogP contribution in [-0.2, 0) is 14.2 Å². The van der Waals surface area contributed by atoms with Crippen LogP contribution in [0.5, 0.6) is 0 Å². The maximum Gasteiger partial charge on any atom is 0.296 e. The number of nitro benzene ring substituents is 1. The van der Waals surface area contributed by atoms with Crippen molar-refractivity contribution in [1.29, 1.82) is 0 Å². The number of amides is 2. The fourth-order valence-corrected chi connectivity index (χ4v) is 4.36. The molecule has 20 heavy (non-hydrogen) atoms. The number of rotatable bonds is 2. The van der Waals surface area contributed by atoms with Crippen molar-refractivity contribution in [2.24, 2.45) is 0 Å². The van der Waals surface area contributed by atoms with Gasteiger partial charge in [0.1, 0.15) is 6.42 Å². The Labute approximate surface area is 114 Å². The molecule has 1 saturated heterocycles. The molecule has 0 spiro atoms. The van der Waals surface area contributed by atoms with E-state index in [1.807, 2.05) is 0 Å². The van der Waals surface area contributed by atoms with Crippen molar-refractivity contribution < 1.29 is 19.1 Å². The molecule has 2 rings (SSSR count). The second-order valence-corrected chi connectivity index (χ2v) is 7.13. The quantitative estimate of drug-likeness (QED) is 0.347. The Balaban J connectivity index is 2.51. The highest BCUT2D eigenvalue weighted by molar-refractivity contribution is 7.68. The molecule has 1 fully saturated rings. The molecule has 1 aliphatic rings. The molecule has 0 aliphatic carbocycles. The summed E-state index contributed by atoms with van der Waals surface area (Å²) < 4.78 is 15.1. The number of hydrogen-bond donors (Lipinski definition) is 0. The van der Waals surface area contributed by atoms with Crippen LogP contribution in [0.3, 0.4) is 0 Å². The van der Waals surface area contributed by atoms with E-state index in [1.165, 1.54) is 38.4 Å². The SMILES string of the molecule is CN1C(=O)CC(=O)N(C)P1(=O)c1ccc([N+](=O)[O-])cc1. The highest BCUT2D eigenvalue weighted by Gasteiger charge is 2.45. The minimum absolute atomic E-state index is 0.152. The number of non-ortho nitro benzene ring substituents is 1. The highest BCUT2D eigenvalue weighted by Crippen LogP contribution is 2.53. The molecule has 1 aromatic carbocycles. The van der Waals surface area contributed by atoms with Gasteiger partial charge < -0.3 is 0 Å². The molecule has 1 aromatic rings. The summed E-state index contributed by atoms with van der Waals surface area (Å²) in [5, 5.41) is 10.8. The molecule has 1 aliphatic heterocycles. The van der Waals surface area contributed by atoms with Gasteiger partial charge in [-0.1, -0.05) is 0 Å². The summed E-state index contributed by atoms with van der Waals surface area (Å²) in [5.74, 6) is -1.07. The highest BCUT2D eigenvalue weighted by atomic mass is 31.2. The average Bonchev–Trinajstić information content (AvgIpc) is 2.43. The van der Waals surface area contributed by atoms with E-state index in [9.17, 15) is 24.3 Å². The first-order valence-electron chi connectivity index (χ1n) is 5.67. The van der Waals surface area contributed by atoms with E-state index in [4.69, 9.17) is 0 Å². The molecular weight excluding hydrogens is 285 g/mol. The molecule has 8 nitrogen and oxygen atoms in total. The Kier molecular flexibility index (Phi) is 3.35. The van der Waals surface area contributed by atoms with Crippen molar-refractivity contribution in [3.63, 3.8) is 0 Å². The Morgan fingerprint density at radius 2 is 1.55 bits per heavy atom. The van der Waals surface area contributed by atoms with Gasteiger partial charge in [-0.2, -0.15) is 0 Å². The number of benzene rings is 1.